The first kappa shape index (κ1) is 10.7. The zero-order chi connectivity index (χ0) is 10.8. The van der Waals surface area contributed by atoms with Crippen molar-refractivity contribution in [1.82, 2.24) is 0 Å². The number of esters is 1. The fourth-order valence-corrected chi connectivity index (χ4v) is 1.20. The number of halogens is 1. The van der Waals surface area contributed by atoms with Crippen LogP contribution in [0.5, 0.6) is 0 Å². The number of carbonyl (C=O) groups is 1. The third-order valence-electron chi connectivity index (χ3n) is 2.04. The predicted octanol–water partition coefficient (Wildman–Crippen LogP) is 1.17. The Kier molecular flexibility index (Phi) is 2.86. The van der Waals surface area contributed by atoms with Gasteiger partial charge in [0.25, 0.3) is 0 Å². The summed E-state index contributed by atoms with van der Waals surface area (Å²) >= 11 is 0. The predicted molar refractivity (Wildman–Crippen MR) is 50.0 cm³/mol. The van der Waals surface area contributed by atoms with Crippen LogP contribution in [0.25, 0.3) is 0 Å². The highest BCUT2D eigenvalue weighted by Gasteiger charge is 2.33. The molecule has 2 N–H and O–H groups in total. The smallest absolute Gasteiger partial charge is 0.330 e. The molecule has 1 aromatic carbocycles. The summed E-state index contributed by atoms with van der Waals surface area (Å²) in [5.41, 5.74) is 4.37. The number of ether oxygens (including phenoxy) is 1. The summed E-state index contributed by atoms with van der Waals surface area (Å²) in [6, 6.07) is 5.87. The largest absolute Gasteiger partial charge is 0.467 e. The van der Waals surface area contributed by atoms with Gasteiger partial charge in [0.2, 0.25) is 0 Å². The van der Waals surface area contributed by atoms with Crippen molar-refractivity contribution in [2.24, 2.45) is 5.73 Å². The molecule has 1 rings (SSSR count). The summed E-state index contributed by atoms with van der Waals surface area (Å²) in [5, 5.41) is 0. The minimum absolute atomic E-state index is 0.131. The molecular weight excluding hydrogens is 185 g/mol. The zero-order valence-electron chi connectivity index (χ0n) is 8.08. The van der Waals surface area contributed by atoms with E-state index in [4.69, 9.17) is 5.73 Å². The molecule has 0 aromatic heterocycles. The van der Waals surface area contributed by atoms with Crippen LogP contribution in [-0.2, 0) is 15.1 Å². The number of rotatable bonds is 2. The Bertz CT molecular complexity index is 350. The van der Waals surface area contributed by atoms with Crippen molar-refractivity contribution in [3.8, 4) is 0 Å². The minimum atomic E-state index is -1.44. The van der Waals surface area contributed by atoms with E-state index < -0.39 is 17.3 Å². The summed E-state index contributed by atoms with van der Waals surface area (Å²) in [4.78, 5) is 11.3. The van der Waals surface area contributed by atoms with Gasteiger partial charge in [-0.25, -0.2) is 9.18 Å². The SMILES string of the molecule is COC(=O)C(C)(N)c1ccccc1F. The molecule has 0 bridgehead atoms. The van der Waals surface area contributed by atoms with Gasteiger partial charge in [0.15, 0.2) is 0 Å². The molecular formula is C10H12FNO2. The molecule has 0 fully saturated rings. The maximum absolute atomic E-state index is 13.3. The van der Waals surface area contributed by atoms with Crippen LogP contribution in [0.3, 0.4) is 0 Å². The molecule has 4 heteroatoms. The summed E-state index contributed by atoms with van der Waals surface area (Å²) < 4.78 is 17.8. The van der Waals surface area contributed by atoms with Crippen LogP contribution in [0.1, 0.15) is 12.5 Å². The van der Waals surface area contributed by atoms with Crippen LogP contribution >= 0.6 is 0 Å². The van der Waals surface area contributed by atoms with Crippen molar-refractivity contribution in [2.45, 2.75) is 12.5 Å². The minimum Gasteiger partial charge on any atom is -0.467 e. The molecule has 3 nitrogen and oxygen atoms in total. The quantitative estimate of drug-likeness (QED) is 0.724. The zero-order valence-corrected chi connectivity index (χ0v) is 8.08. The maximum Gasteiger partial charge on any atom is 0.330 e. The van der Waals surface area contributed by atoms with E-state index in [2.05, 4.69) is 4.74 Å². The Hall–Kier alpha value is -1.42. The van der Waals surface area contributed by atoms with Crippen LogP contribution in [0.15, 0.2) is 24.3 Å². The average Bonchev–Trinajstić information content (AvgIpc) is 2.17. The summed E-state index contributed by atoms with van der Waals surface area (Å²) in [6.07, 6.45) is 0. The molecule has 0 amide bonds. The van der Waals surface area contributed by atoms with Crippen molar-refractivity contribution >= 4 is 5.97 Å². The van der Waals surface area contributed by atoms with Gasteiger partial charge >= 0.3 is 5.97 Å². The van der Waals surface area contributed by atoms with E-state index in [1.165, 1.54) is 32.2 Å². The second kappa shape index (κ2) is 3.75. The van der Waals surface area contributed by atoms with Gasteiger partial charge in [0.05, 0.1) is 7.11 Å². The lowest BCUT2D eigenvalue weighted by Gasteiger charge is -2.22. The van der Waals surface area contributed by atoms with Crippen LogP contribution in [-0.4, -0.2) is 13.1 Å². The highest BCUT2D eigenvalue weighted by Crippen LogP contribution is 2.21. The molecule has 0 heterocycles. The van der Waals surface area contributed by atoms with Crippen LogP contribution in [0.2, 0.25) is 0 Å². The van der Waals surface area contributed by atoms with E-state index in [1.54, 1.807) is 6.07 Å². The molecule has 1 unspecified atom stereocenters. The van der Waals surface area contributed by atoms with E-state index in [1.807, 2.05) is 0 Å². The van der Waals surface area contributed by atoms with Crippen molar-refractivity contribution in [3.63, 3.8) is 0 Å². The lowest BCUT2D eigenvalue weighted by molar-refractivity contribution is -0.146. The third-order valence-corrected chi connectivity index (χ3v) is 2.04. The topological polar surface area (TPSA) is 52.3 Å². The fourth-order valence-electron chi connectivity index (χ4n) is 1.20. The molecule has 76 valence electrons. The lowest BCUT2D eigenvalue weighted by atomic mass is 9.93. The first-order chi connectivity index (χ1) is 6.50. The number of hydrogen-bond donors (Lipinski definition) is 1. The van der Waals surface area contributed by atoms with E-state index in [-0.39, 0.29) is 5.56 Å². The van der Waals surface area contributed by atoms with E-state index in [0.29, 0.717) is 0 Å². The van der Waals surface area contributed by atoms with Crippen molar-refractivity contribution < 1.29 is 13.9 Å². The van der Waals surface area contributed by atoms with Crippen LogP contribution < -0.4 is 5.73 Å². The van der Waals surface area contributed by atoms with Gasteiger partial charge in [0, 0.05) is 5.56 Å². The Morgan fingerprint density at radius 3 is 2.57 bits per heavy atom. The Balaban J connectivity index is 3.16. The van der Waals surface area contributed by atoms with Gasteiger partial charge in [0.1, 0.15) is 11.4 Å². The molecule has 0 aliphatic carbocycles. The molecule has 0 saturated heterocycles. The number of benzene rings is 1. The number of methoxy groups -OCH3 is 1. The monoisotopic (exact) mass is 197 g/mol. The summed E-state index contributed by atoms with van der Waals surface area (Å²) in [5.74, 6) is -1.18. The summed E-state index contributed by atoms with van der Waals surface area (Å²) in [7, 11) is 1.22. The summed E-state index contributed by atoms with van der Waals surface area (Å²) in [6.45, 7) is 1.41. The van der Waals surface area contributed by atoms with Crippen molar-refractivity contribution in [1.29, 1.82) is 0 Å². The molecule has 1 aromatic rings. The number of carbonyl (C=O) groups excluding carboxylic acids is 1. The first-order valence-corrected chi connectivity index (χ1v) is 4.12. The molecule has 0 saturated carbocycles. The fraction of sp³-hybridized carbons (Fsp3) is 0.300. The highest BCUT2D eigenvalue weighted by atomic mass is 19.1. The van der Waals surface area contributed by atoms with Crippen molar-refractivity contribution in [2.75, 3.05) is 7.11 Å². The molecule has 0 aliphatic heterocycles. The maximum atomic E-state index is 13.3. The molecule has 14 heavy (non-hydrogen) atoms. The van der Waals surface area contributed by atoms with Gasteiger partial charge in [-0.3, -0.25) is 0 Å². The average molecular weight is 197 g/mol. The molecule has 0 aliphatic rings. The van der Waals surface area contributed by atoms with Gasteiger partial charge in [-0.1, -0.05) is 18.2 Å². The van der Waals surface area contributed by atoms with E-state index in [0.717, 1.165) is 0 Å². The van der Waals surface area contributed by atoms with Gasteiger partial charge in [-0.2, -0.15) is 0 Å². The normalized spacial score (nSPS) is 14.6. The van der Waals surface area contributed by atoms with Gasteiger partial charge < -0.3 is 10.5 Å². The Morgan fingerprint density at radius 2 is 2.07 bits per heavy atom. The van der Waals surface area contributed by atoms with Crippen LogP contribution in [0, 0.1) is 5.82 Å². The van der Waals surface area contributed by atoms with Crippen LogP contribution in [0.4, 0.5) is 4.39 Å². The lowest BCUT2D eigenvalue weighted by Crippen LogP contribution is -2.43. The second-order valence-corrected chi connectivity index (χ2v) is 3.17. The second-order valence-electron chi connectivity index (χ2n) is 3.17. The first-order valence-electron chi connectivity index (χ1n) is 4.12. The number of nitrogens with two attached hydrogens (primary N) is 1. The molecule has 0 spiro atoms. The van der Waals surface area contributed by atoms with Crippen molar-refractivity contribution in [3.05, 3.63) is 35.6 Å². The van der Waals surface area contributed by atoms with E-state index >= 15 is 0 Å². The third kappa shape index (κ3) is 1.75. The van der Waals surface area contributed by atoms with Gasteiger partial charge in [-0.05, 0) is 13.0 Å². The Labute approximate surface area is 81.7 Å². The van der Waals surface area contributed by atoms with Gasteiger partial charge in [-0.15, -0.1) is 0 Å². The molecule has 1 atom stereocenters. The molecule has 0 radical (unpaired) electrons. The highest BCUT2D eigenvalue weighted by molar-refractivity contribution is 5.81. The Morgan fingerprint density at radius 1 is 1.50 bits per heavy atom. The standard InChI is InChI=1S/C10H12FNO2/c1-10(12,9(13)14-2)7-5-3-4-6-8(7)11/h3-6H,12H2,1-2H3. The number of hydrogen-bond acceptors (Lipinski definition) is 3. The van der Waals surface area contributed by atoms with E-state index in [9.17, 15) is 9.18 Å².